The molecule has 0 saturated carbocycles. The predicted molar refractivity (Wildman–Crippen MR) is 116 cm³/mol. The quantitative estimate of drug-likeness (QED) is 0.0615. The van der Waals surface area contributed by atoms with Crippen LogP contribution in [0.5, 0.6) is 0 Å². The van der Waals surface area contributed by atoms with Gasteiger partial charge in [0.05, 0.1) is 6.54 Å². The van der Waals surface area contributed by atoms with E-state index in [1.165, 1.54) is 0 Å². The molecule has 0 aromatic rings. The first-order valence-corrected chi connectivity index (χ1v) is 10.1. The Labute approximate surface area is 181 Å². The van der Waals surface area contributed by atoms with Crippen LogP contribution in [-0.4, -0.2) is 71.7 Å². The van der Waals surface area contributed by atoms with E-state index < -0.39 is 41.8 Å². The lowest BCUT2D eigenvalue weighted by Crippen LogP contribution is -2.57. The van der Waals surface area contributed by atoms with Gasteiger partial charge in [-0.2, -0.15) is 12.6 Å². The summed E-state index contributed by atoms with van der Waals surface area (Å²) in [6.07, 6.45) is 0.808. The number of aliphatic carboxylic acids is 1. The monoisotopic (exact) mass is 447 g/mol. The van der Waals surface area contributed by atoms with Gasteiger partial charge in [0.2, 0.25) is 17.7 Å². The number of thiol groups is 1. The number of carbonyl (C=O) groups excluding carboxylic acids is 3. The number of hydrogen-bond acceptors (Lipinski definition) is 7. The van der Waals surface area contributed by atoms with E-state index in [9.17, 15) is 24.3 Å². The molecule has 0 heterocycles. The molecule has 0 aliphatic heterocycles. The number of rotatable bonds is 14. The molecule has 0 bridgehead atoms. The predicted octanol–water partition coefficient (Wildman–Crippen LogP) is -2.49. The molecule has 10 N–H and O–H groups in total. The number of guanidine groups is 1. The smallest absolute Gasteiger partial charge is 0.326 e. The van der Waals surface area contributed by atoms with Crippen LogP contribution in [0.1, 0.15) is 33.1 Å². The Morgan fingerprint density at radius 1 is 1.00 bits per heavy atom. The van der Waals surface area contributed by atoms with Gasteiger partial charge in [0.1, 0.15) is 18.1 Å². The van der Waals surface area contributed by atoms with Crippen molar-refractivity contribution in [2.75, 3.05) is 18.8 Å². The van der Waals surface area contributed by atoms with Gasteiger partial charge in [-0.15, -0.1) is 0 Å². The summed E-state index contributed by atoms with van der Waals surface area (Å²) in [5.74, 6) is -3.17. The van der Waals surface area contributed by atoms with E-state index >= 15 is 0 Å². The highest BCUT2D eigenvalue weighted by molar-refractivity contribution is 7.80. The summed E-state index contributed by atoms with van der Waals surface area (Å²) in [4.78, 5) is 51.9. The van der Waals surface area contributed by atoms with Crippen LogP contribution in [0.4, 0.5) is 0 Å². The van der Waals surface area contributed by atoms with Gasteiger partial charge in [-0.1, -0.05) is 13.8 Å². The van der Waals surface area contributed by atoms with E-state index in [4.69, 9.17) is 17.2 Å². The number of nitrogens with one attached hydrogen (secondary N) is 3. The highest BCUT2D eigenvalue weighted by atomic mass is 32.1. The maximum atomic E-state index is 12.6. The molecule has 0 rings (SSSR count). The first kappa shape index (κ1) is 27.5. The molecule has 0 aliphatic rings. The van der Waals surface area contributed by atoms with Crippen LogP contribution in [0.2, 0.25) is 0 Å². The minimum absolute atomic E-state index is 0.0384. The van der Waals surface area contributed by atoms with Gasteiger partial charge in [-0.3, -0.25) is 19.4 Å². The van der Waals surface area contributed by atoms with Gasteiger partial charge < -0.3 is 38.3 Å². The third kappa shape index (κ3) is 11.5. The van der Waals surface area contributed by atoms with Gasteiger partial charge in [0.15, 0.2) is 5.96 Å². The van der Waals surface area contributed by atoms with E-state index in [0.717, 1.165) is 0 Å². The minimum Gasteiger partial charge on any atom is -0.480 e. The van der Waals surface area contributed by atoms with Crippen molar-refractivity contribution in [2.24, 2.45) is 28.1 Å². The van der Waals surface area contributed by atoms with Gasteiger partial charge in [0, 0.05) is 12.3 Å². The number of carbonyl (C=O) groups is 4. The lowest BCUT2D eigenvalue weighted by molar-refractivity contribution is -0.142. The van der Waals surface area contributed by atoms with Crippen molar-refractivity contribution in [3.63, 3.8) is 0 Å². The van der Waals surface area contributed by atoms with E-state index in [1.54, 1.807) is 0 Å². The van der Waals surface area contributed by atoms with Crippen molar-refractivity contribution in [1.82, 2.24) is 16.0 Å². The van der Waals surface area contributed by atoms with Crippen molar-refractivity contribution in [1.29, 1.82) is 0 Å². The second kappa shape index (κ2) is 14.4. The van der Waals surface area contributed by atoms with E-state index in [1.807, 2.05) is 13.8 Å². The molecule has 0 aromatic carbocycles. The van der Waals surface area contributed by atoms with Crippen molar-refractivity contribution >= 4 is 42.3 Å². The van der Waals surface area contributed by atoms with Crippen LogP contribution in [0.25, 0.3) is 0 Å². The summed E-state index contributed by atoms with van der Waals surface area (Å²) >= 11 is 4.06. The van der Waals surface area contributed by atoms with Gasteiger partial charge in [0.25, 0.3) is 0 Å². The number of amides is 3. The molecule has 172 valence electrons. The molecule has 0 aliphatic carbocycles. The molecule has 12 nitrogen and oxygen atoms in total. The van der Waals surface area contributed by atoms with Crippen LogP contribution in [0, 0.1) is 5.92 Å². The molecule has 3 unspecified atom stereocenters. The summed E-state index contributed by atoms with van der Waals surface area (Å²) in [6.45, 7) is 3.58. The molecular weight excluding hydrogens is 414 g/mol. The highest BCUT2D eigenvalue weighted by Gasteiger charge is 2.28. The zero-order valence-corrected chi connectivity index (χ0v) is 18.2. The van der Waals surface area contributed by atoms with Crippen molar-refractivity contribution in [3.8, 4) is 0 Å². The molecule has 0 aromatic heterocycles. The van der Waals surface area contributed by atoms with E-state index in [0.29, 0.717) is 6.42 Å². The zero-order chi connectivity index (χ0) is 23.3. The molecule has 0 fully saturated rings. The van der Waals surface area contributed by atoms with Gasteiger partial charge >= 0.3 is 5.97 Å². The first-order chi connectivity index (χ1) is 14.0. The maximum Gasteiger partial charge on any atom is 0.326 e. The standard InChI is InChI=1S/C17H33N7O5S/c1-9(2)6-11(16(28)29)23-15(27)12(8-30)24-14(26)10(22-13(25)7-18)4-3-5-21-17(19)20/h9-12,30H,3-8,18H2,1-2H3,(H,22,25)(H,23,27)(H,24,26)(H,28,29)(H4,19,20,21). The molecule has 13 heteroatoms. The molecule has 0 spiro atoms. The summed E-state index contributed by atoms with van der Waals surface area (Å²) in [5, 5.41) is 16.6. The lowest BCUT2D eigenvalue weighted by Gasteiger charge is -2.24. The van der Waals surface area contributed by atoms with Crippen LogP contribution >= 0.6 is 12.6 Å². The largest absolute Gasteiger partial charge is 0.480 e. The Bertz CT molecular complexity index is 626. The summed E-state index contributed by atoms with van der Waals surface area (Å²) in [7, 11) is 0. The van der Waals surface area contributed by atoms with Crippen LogP contribution in [0.3, 0.4) is 0 Å². The molecule has 30 heavy (non-hydrogen) atoms. The van der Waals surface area contributed by atoms with E-state index in [2.05, 4.69) is 33.6 Å². The summed E-state index contributed by atoms with van der Waals surface area (Å²) in [6, 6.07) is -3.16. The molecular formula is C17H33N7O5S. The molecule has 0 radical (unpaired) electrons. The third-order valence-corrected chi connectivity index (χ3v) is 4.28. The SMILES string of the molecule is CC(C)CC(NC(=O)C(CS)NC(=O)C(CCCN=C(N)N)NC(=O)CN)C(=O)O. The Hall–Kier alpha value is -2.54. The number of nitrogens with zero attached hydrogens (tertiary/aromatic N) is 1. The van der Waals surface area contributed by atoms with Crippen molar-refractivity contribution < 1.29 is 24.3 Å². The Morgan fingerprint density at radius 3 is 2.03 bits per heavy atom. The topological polar surface area (TPSA) is 215 Å². The second-order valence-electron chi connectivity index (χ2n) is 7.05. The number of carboxylic acids is 1. The van der Waals surface area contributed by atoms with Crippen LogP contribution < -0.4 is 33.2 Å². The fourth-order valence-electron chi connectivity index (χ4n) is 2.46. The summed E-state index contributed by atoms with van der Waals surface area (Å²) < 4.78 is 0. The van der Waals surface area contributed by atoms with Crippen molar-refractivity contribution in [2.45, 2.75) is 51.2 Å². The number of carboxylic acid groups (broad SMARTS) is 1. The van der Waals surface area contributed by atoms with Crippen LogP contribution in [-0.2, 0) is 19.2 Å². The average Bonchev–Trinajstić information content (AvgIpc) is 2.66. The third-order valence-electron chi connectivity index (χ3n) is 3.92. The molecule has 0 saturated heterocycles. The Morgan fingerprint density at radius 2 is 1.57 bits per heavy atom. The number of aliphatic imine (C=N–C) groups is 1. The average molecular weight is 448 g/mol. The summed E-state index contributed by atoms with van der Waals surface area (Å²) in [5.41, 5.74) is 15.8. The lowest BCUT2D eigenvalue weighted by atomic mass is 10.0. The van der Waals surface area contributed by atoms with Crippen molar-refractivity contribution in [3.05, 3.63) is 0 Å². The number of nitrogens with two attached hydrogens (primary N) is 3. The first-order valence-electron chi connectivity index (χ1n) is 9.51. The van der Waals surface area contributed by atoms with Crippen LogP contribution in [0.15, 0.2) is 4.99 Å². The van der Waals surface area contributed by atoms with Gasteiger partial charge in [-0.25, -0.2) is 4.79 Å². The fraction of sp³-hybridized carbons (Fsp3) is 0.706. The maximum absolute atomic E-state index is 12.6. The minimum atomic E-state index is -1.17. The zero-order valence-electron chi connectivity index (χ0n) is 17.3. The molecule has 3 atom stereocenters. The normalized spacial score (nSPS) is 13.6. The second-order valence-corrected chi connectivity index (χ2v) is 7.41. The number of hydrogen-bond donors (Lipinski definition) is 8. The highest BCUT2D eigenvalue weighted by Crippen LogP contribution is 2.06. The fourth-order valence-corrected chi connectivity index (χ4v) is 2.71. The van der Waals surface area contributed by atoms with Gasteiger partial charge in [-0.05, 0) is 25.2 Å². The Kier molecular flexibility index (Phi) is 13.2. The molecule has 3 amide bonds. The van der Waals surface area contributed by atoms with E-state index in [-0.39, 0.29) is 43.6 Å². The Balaban J connectivity index is 5.10.